The van der Waals surface area contributed by atoms with Gasteiger partial charge in [0.1, 0.15) is 10.1 Å². The summed E-state index contributed by atoms with van der Waals surface area (Å²) in [5.74, 6) is 1.10. The van der Waals surface area contributed by atoms with Crippen molar-refractivity contribution in [3.63, 3.8) is 0 Å². The van der Waals surface area contributed by atoms with Crippen molar-refractivity contribution < 1.29 is 28.5 Å². The highest BCUT2D eigenvalue weighted by Gasteiger charge is 2.68. The molecule has 2 aromatic carbocycles. The predicted octanol–water partition coefficient (Wildman–Crippen LogP) is 4.91. The van der Waals surface area contributed by atoms with Gasteiger partial charge in [0.05, 0.1) is 23.3 Å². The van der Waals surface area contributed by atoms with Crippen molar-refractivity contribution in [2.45, 2.75) is 24.6 Å². The van der Waals surface area contributed by atoms with Crippen molar-refractivity contribution >= 4 is 40.8 Å². The minimum absolute atomic E-state index is 0.144. The first-order valence-corrected chi connectivity index (χ1v) is 10.1. The molecule has 4 rings (SSSR count). The van der Waals surface area contributed by atoms with Gasteiger partial charge in [-0.05, 0) is 50.6 Å². The number of hydrogen-bond acceptors (Lipinski definition) is 6. The topological polar surface area (TPSA) is 83.1 Å². The lowest BCUT2D eigenvalue weighted by Gasteiger charge is -2.17. The highest BCUT2D eigenvalue weighted by molar-refractivity contribution is 6.53. The van der Waals surface area contributed by atoms with Crippen molar-refractivity contribution in [3.8, 4) is 23.0 Å². The van der Waals surface area contributed by atoms with Crippen LogP contribution in [-0.4, -0.2) is 29.6 Å². The zero-order chi connectivity index (χ0) is 21.5. The fourth-order valence-corrected chi connectivity index (χ4v) is 3.74. The summed E-state index contributed by atoms with van der Waals surface area (Å²) in [6.45, 7) is 3.77. The number of fused-ring (bicyclic) bond motifs is 1. The van der Waals surface area contributed by atoms with Crippen LogP contribution in [0.5, 0.6) is 23.0 Å². The summed E-state index contributed by atoms with van der Waals surface area (Å²) >= 11 is 12.3. The Morgan fingerprint density at radius 2 is 1.87 bits per heavy atom. The molecule has 1 N–H and O–H groups in total. The normalized spacial score (nSPS) is 20.4. The van der Waals surface area contributed by atoms with Gasteiger partial charge in [0, 0.05) is 6.07 Å². The predicted molar refractivity (Wildman–Crippen MR) is 111 cm³/mol. The summed E-state index contributed by atoms with van der Waals surface area (Å²) in [6.07, 6.45) is 0.324. The third kappa shape index (κ3) is 3.75. The fraction of sp³-hybridized carbons (Fsp3) is 0.333. The number of esters is 1. The monoisotopic (exact) mass is 451 g/mol. The molecule has 1 aliphatic carbocycles. The Labute approximate surface area is 183 Å². The molecule has 0 bridgehead atoms. The zero-order valence-electron chi connectivity index (χ0n) is 16.3. The molecule has 0 radical (unpaired) electrons. The molecule has 1 atom stereocenters. The molecule has 1 fully saturated rings. The molecular formula is C21H19Cl2NO6. The second kappa shape index (κ2) is 7.56. The quantitative estimate of drug-likeness (QED) is 0.496. The third-order valence-electron chi connectivity index (χ3n) is 5.07. The Morgan fingerprint density at radius 3 is 2.57 bits per heavy atom. The largest absolute Gasteiger partial charge is 0.462 e. The van der Waals surface area contributed by atoms with Gasteiger partial charge in [-0.3, -0.25) is 4.79 Å². The molecule has 0 spiro atoms. The molecular weight excluding hydrogens is 433 g/mol. The number of alkyl halides is 2. The maximum absolute atomic E-state index is 12.8. The van der Waals surface area contributed by atoms with Gasteiger partial charge < -0.3 is 24.3 Å². The smallest absolute Gasteiger partial charge is 0.338 e. The maximum Gasteiger partial charge on any atom is 0.338 e. The molecule has 1 saturated carbocycles. The van der Waals surface area contributed by atoms with E-state index in [1.165, 1.54) is 6.07 Å². The van der Waals surface area contributed by atoms with Gasteiger partial charge in [-0.1, -0.05) is 0 Å². The van der Waals surface area contributed by atoms with Gasteiger partial charge in [0.2, 0.25) is 12.7 Å². The molecule has 1 heterocycles. The number of anilines is 1. The summed E-state index contributed by atoms with van der Waals surface area (Å²) in [5, 5.41) is 2.78. The third-order valence-corrected chi connectivity index (χ3v) is 6.17. The second-order valence-corrected chi connectivity index (χ2v) is 8.70. The number of halogens is 2. The van der Waals surface area contributed by atoms with Gasteiger partial charge in [0.25, 0.3) is 0 Å². The van der Waals surface area contributed by atoms with Crippen LogP contribution in [0.2, 0.25) is 0 Å². The Balaban J connectivity index is 1.63. The molecule has 1 aliphatic heterocycles. The van der Waals surface area contributed by atoms with E-state index in [1.807, 2.05) is 0 Å². The summed E-state index contributed by atoms with van der Waals surface area (Å²) in [5.41, 5.74) is -0.374. The van der Waals surface area contributed by atoms with Crippen LogP contribution < -0.4 is 19.5 Å². The Kier molecular flexibility index (Phi) is 5.20. The van der Waals surface area contributed by atoms with Gasteiger partial charge in [-0.2, -0.15) is 0 Å². The van der Waals surface area contributed by atoms with Crippen molar-refractivity contribution in [2.75, 3.05) is 18.7 Å². The van der Waals surface area contributed by atoms with Crippen LogP contribution >= 0.6 is 23.2 Å². The van der Waals surface area contributed by atoms with Crippen LogP contribution in [0.3, 0.4) is 0 Å². The number of carbonyl (C=O) groups excluding carboxylic acids is 2. The first kappa shape index (κ1) is 20.6. The van der Waals surface area contributed by atoms with E-state index < -0.39 is 15.7 Å². The average molecular weight is 452 g/mol. The number of benzene rings is 2. The molecule has 158 valence electrons. The van der Waals surface area contributed by atoms with Crippen molar-refractivity contribution in [1.82, 2.24) is 0 Å². The highest BCUT2D eigenvalue weighted by atomic mass is 35.5. The van der Waals surface area contributed by atoms with Gasteiger partial charge in [-0.25, -0.2) is 4.79 Å². The molecule has 30 heavy (non-hydrogen) atoms. The number of amides is 1. The second-order valence-electron chi connectivity index (χ2n) is 7.22. The number of rotatable bonds is 6. The van der Waals surface area contributed by atoms with Crippen LogP contribution in [0.25, 0.3) is 0 Å². The van der Waals surface area contributed by atoms with Crippen molar-refractivity contribution in [1.29, 1.82) is 0 Å². The zero-order valence-corrected chi connectivity index (χ0v) is 17.8. The van der Waals surface area contributed by atoms with Gasteiger partial charge >= 0.3 is 5.97 Å². The minimum atomic E-state index is -1.13. The maximum atomic E-state index is 12.8. The molecule has 0 aromatic heterocycles. The fourth-order valence-electron chi connectivity index (χ4n) is 3.03. The number of carbonyl (C=O) groups is 2. The first-order valence-electron chi connectivity index (χ1n) is 9.31. The van der Waals surface area contributed by atoms with Crippen LogP contribution in [0.1, 0.15) is 30.6 Å². The summed E-state index contributed by atoms with van der Waals surface area (Å²) in [7, 11) is 0. The minimum Gasteiger partial charge on any atom is -0.462 e. The molecule has 0 saturated heterocycles. The number of nitrogens with one attached hydrogen (secondary N) is 1. The number of ether oxygens (including phenoxy) is 4. The lowest BCUT2D eigenvalue weighted by molar-refractivity contribution is -0.120. The van der Waals surface area contributed by atoms with Crippen LogP contribution in [0, 0.1) is 5.41 Å². The van der Waals surface area contributed by atoms with Gasteiger partial charge in [0.15, 0.2) is 17.2 Å². The Morgan fingerprint density at radius 1 is 1.13 bits per heavy atom. The van der Waals surface area contributed by atoms with Crippen molar-refractivity contribution in [2.24, 2.45) is 5.41 Å². The first-order chi connectivity index (χ1) is 14.2. The average Bonchev–Trinajstić information content (AvgIpc) is 3.03. The van der Waals surface area contributed by atoms with E-state index in [0.29, 0.717) is 35.1 Å². The SMILES string of the molecule is CCOC(=O)c1ccc(Oc2ccc3c(c2)OCO3)c(NC(=O)[C@]2(C)CC2(Cl)Cl)c1. The van der Waals surface area contributed by atoms with Crippen LogP contribution in [0.15, 0.2) is 36.4 Å². The van der Waals surface area contributed by atoms with Crippen molar-refractivity contribution in [3.05, 3.63) is 42.0 Å². The van der Waals surface area contributed by atoms with Crippen LogP contribution in [0.4, 0.5) is 5.69 Å². The van der Waals surface area contributed by atoms with Gasteiger partial charge in [-0.15, -0.1) is 23.2 Å². The lowest BCUT2D eigenvalue weighted by atomic mass is 10.1. The summed E-state index contributed by atoms with van der Waals surface area (Å²) in [4.78, 5) is 24.9. The molecule has 2 aromatic rings. The molecule has 9 heteroatoms. The standard InChI is InChI=1S/C21H19Cl2NO6/c1-3-27-18(25)12-4-6-15(30-13-5-7-16-17(9-13)29-11-28-16)14(8-12)24-19(26)20(2)10-21(20,22)23/h4-9H,3,10-11H2,1-2H3,(H,24,26)/t20-/m0/s1. The summed E-state index contributed by atoms with van der Waals surface area (Å²) in [6, 6.07) is 9.75. The molecule has 1 amide bonds. The Hall–Kier alpha value is -2.64. The summed E-state index contributed by atoms with van der Waals surface area (Å²) < 4.78 is 20.5. The molecule has 0 unspecified atom stereocenters. The van der Waals surface area contributed by atoms with E-state index in [-0.39, 0.29) is 24.9 Å². The van der Waals surface area contributed by atoms with E-state index in [4.69, 9.17) is 42.1 Å². The lowest BCUT2D eigenvalue weighted by Crippen LogP contribution is -2.26. The van der Waals surface area contributed by atoms with E-state index in [2.05, 4.69) is 5.32 Å². The highest BCUT2D eigenvalue weighted by Crippen LogP contribution is 2.64. The van der Waals surface area contributed by atoms with E-state index in [0.717, 1.165) is 0 Å². The van der Waals surface area contributed by atoms with E-state index in [9.17, 15) is 9.59 Å². The molecule has 2 aliphatic rings. The Bertz CT molecular complexity index is 1020. The van der Waals surface area contributed by atoms with E-state index in [1.54, 1.807) is 44.2 Å². The number of hydrogen-bond donors (Lipinski definition) is 1. The van der Waals surface area contributed by atoms with E-state index >= 15 is 0 Å². The molecule has 7 nitrogen and oxygen atoms in total. The van der Waals surface area contributed by atoms with Crippen LogP contribution in [-0.2, 0) is 9.53 Å².